The molecule has 0 fully saturated rings. The van der Waals surface area contributed by atoms with Gasteiger partial charge in [-0.15, -0.1) is 10.2 Å². The van der Waals surface area contributed by atoms with Crippen molar-refractivity contribution in [1.82, 2.24) is 25.5 Å². The molecule has 0 radical (unpaired) electrons. The third-order valence-electron chi connectivity index (χ3n) is 3.62. The van der Waals surface area contributed by atoms with Crippen LogP contribution >= 0.6 is 0 Å². The Kier molecular flexibility index (Phi) is 5.50. The highest BCUT2D eigenvalue weighted by Gasteiger charge is 2.10. The lowest BCUT2D eigenvalue weighted by atomic mass is 10.1. The number of carbonyl (C=O) groups excluding carboxylic acids is 2. The average molecular weight is 368 g/mol. The second-order valence-electron chi connectivity index (χ2n) is 5.84. The number of tetrazole rings is 1. The first-order valence-corrected chi connectivity index (χ1v) is 8.16. The summed E-state index contributed by atoms with van der Waals surface area (Å²) >= 11 is 0. The third kappa shape index (κ3) is 5.18. The molecule has 138 valence electrons. The van der Waals surface area contributed by atoms with Crippen LogP contribution in [0.1, 0.15) is 5.56 Å². The summed E-state index contributed by atoms with van der Waals surface area (Å²) in [5.74, 6) is -0.845. The van der Waals surface area contributed by atoms with Crippen molar-refractivity contribution in [3.63, 3.8) is 0 Å². The number of rotatable bonds is 6. The molecule has 27 heavy (non-hydrogen) atoms. The molecule has 0 spiro atoms. The maximum absolute atomic E-state index is 12.8. The van der Waals surface area contributed by atoms with Gasteiger partial charge in [0.25, 0.3) is 0 Å². The van der Waals surface area contributed by atoms with Crippen LogP contribution < -0.4 is 10.6 Å². The van der Waals surface area contributed by atoms with Gasteiger partial charge >= 0.3 is 0 Å². The van der Waals surface area contributed by atoms with E-state index in [0.717, 1.165) is 15.9 Å². The number of aromatic nitrogens is 4. The molecule has 1 heterocycles. The summed E-state index contributed by atoms with van der Waals surface area (Å²) in [5.41, 5.74) is 2.35. The van der Waals surface area contributed by atoms with Crippen molar-refractivity contribution >= 4 is 17.5 Å². The second-order valence-corrected chi connectivity index (χ2v) is 5.84. The van der Waals surface area contributed by atoms with E-state index in [-0.39, 0.29) is 13.1 Å². The van der Waals surface area contributed by atoms with Crippen LogP contribution in [-0.2, 0) is 16.1 Å². The van der Waals surface area contributed by atoms with E-state index < -0.39 is 17.6 Å². The van der Waals surface area contributed by atoms with Gasteiger partial charge in [0.2, 0.25) is 17.6 Å². The monoisotopic (exact) mass is 368 g/mol. The van der Waals surface area contributed by atoms with Gasteiger partial charge in [0.05, 0.1) is 6.54 Å². The van der Waals surface area contributed by atoms with Gasteiger partial charge < -0.3 is 10.6 Å². The molecular formula is C18H17FN6O2. The van der Waals surface area contributed by atoms with Crippen molar-refractivity contribution in [2.45, 2.75) is 13.5 Å². The van der Waals surface area contributed by atoms with Crippen LogP contribution in [0.2, 0.25) is 0 Å². The normalized spacial score (nSPS) is 10.4. The summed E-state index contributed by atoms with van der Waals surface area (Å²) < 4.78 is 12.8. The number of hydrogen-bond acceptors (Lipinski definition) is 5. The van der Waals surface area contributed by atoms with Gasteiger partial charge in [-0.3, -0.25) is 9.59 Å². The Morgan fingerprint density at radius 1 is 1.04 bits per heavy atom. The molecule has 3 rings (SSSR count). The smallest absolute Gasteiger partial charge is 0.244 e. The third-order valence-corrected chi connectivity index (χ3v) is 3.62. The molecule has 0 aliphatic carbocycles. The molecular weight excluding hydrogens is 351 g/mol. The Labute approximate surface area is 154 Å². The molecule has 0 saturated carbocycles. The van der Waals surface area contributed by atoms with Gasteiger partial charge in [-0.05, 0) is 36.4 Å². The van der Waals surface area contributed by atoms with Gasteiger partial charge in [0.15, 0.2) is 0 Å². The maximum Gasteiger partial charge on any atom is 0.244 e. The summed E-state index contributed by atoms with van der Waals surface area (Å²) in [6.07, 6.45) is 0. The first kappa shape index (κ1) is 18.2. The van der Waals surface area contributed by atoms with E-state index in [2.05, 4.69) is 26.0 Å². The fourth-order valence-electron chi connectivity index (χ4n) is 2.23. The van der Waals surface area contributed by atoms with Crippen molar-refractivity contribution in [2.24, 2.45) is 0 Å². The van der Waals surface area contributed by atoms with Crippen LogP contribution in [0, 0.1) is 12.7 Å². The first-order chi connectivity index (χ1) is 13.0. The van der Waals surface area contributed by atoms with E-state index in [1.165, 1.54) is 24.3 Å². The van der Waals surface area contributed by atoms with E-state index in [1.807, 2.05) is 31.2 Å². The van der Waals surface area contributed by atoms with Crippen molar-refractivity contribution in [3.8, 4) is 11.4 Å². The predicted octanol–water partition coefficient (Wildman–Crippen LogP) is 1.54. The zero-order chi connectivity index (χ0) is 19.2. The number of amides is 2. The topological polar surface area (TPSA) is 102 Å². The Bertz CT molecular complexity index is 937. The highest BCUT2D eigenvalue weighted by Crippen LogP contribution is 2.13. The molecule has 0 unspecified atom stereocenters. The minimum Gasteiger partial charge on any atom is -0.345 e. The van der Waals surface area contributed by atoms with Crippen molar-refractivity contribution in [3.05, 3.63) is 59.9 Å². The fourth-order valence-corrected chi connectivity index (χ4v) is 2.23. The molecule has 0 aliphatic rings. The van der Waals surface area contributed by atoms with Crippen LogP contribution in [-0.4, -0.2) is 38.6 Å². The van der Waals surface area contributed by atoms with Crippen LogP contribution in [0.25, 0.3) is 11.4 Å². The van der Waals surface area contributed by atoms with Crippen LogP contribution in [0.3, 0.4) is 0 Å². The number of hydrogen-bond donors (Lipinski definition) is 2. The van der Waals surface area contributed by atoms with E-state index in [4.69, 9.17) is 0 Å². The molecule has 9 heteroatoms. The van der Waals surface area contributed by atoms with Crippen LogP contribution in [0.15, 0.2) is 48.5 Å². The van der Waals surface area contributed by atoms with Gasteiger partial charge in [-0.25, -0.2) is 4.39 Å². The minimum absolute atomic E-state index is 0.164. The van der Waals surface area contributed by atoms with E-state index in [1.54, 1.807) is 0 Å². The Morgan fingerprint density at radius 2 is 1.74 bits per heavy atom. The Morgan fingerprint density at radius 3 is 2.44 bits per heavy atom. The summed E-state index contributed by atoms with van der Waals surface area (Å²) in [4.78, 5) is 24.9. The molecule has 0 saturated heterocycles. The number of carbonyl (C=O) groups is 2. The van der Waals surface area contributed by atoms with E-state index in [9.17, 15) is 14.0 Å². The number of anilines is 1. The average Bonchev–Trinajstić information content (AvgIpc) is 3.11. The lowest BCUT2D eigenvalue weighted by molar-refractivity contribution is -0.124. The second kappa shape index (κ2) is 8.17. The Balaban J connectivity index is 1.48. The van der Waals surface area contributed by atoms with Crippen molar-refractivity contribution in [1.29, 1.82) is 0 Å². The molecule has 0 atom stereocenters. The van der Waals surface area contributed by atoms with Crippen LogP contribution in [0.5, 0.6) is 0 Å². The van der Waals surface area contributed by atoms with E-state index >= 15 is 0 Å². The Hall–Kier alpha value is -3.62. The van der Waals surface area contributed by atoms with Crippen LogP contribution in [0.4, 0.5) is 10.1 Å². The lowest BCUT2D eigenvalue weighted by Gasteiger charge is -2.06. The van der Waals surface area contributed by atoms with Crippen molar-refractivity contribution < 1.29 is 14.0 Å². The predicted molar refractivity (Wildman–Crippen MR) is 96.0 cm³/mol. The van der Waals surface area contributed by atoms with Gasteiger partial charge in [0, 0.05) is 11.3 Å². The van der Waals surface area contributed by atoms with E-state index in [0.29, 0.717) is 11.5 Å². The number of halogens is 1. The largest absolute Gasteiger partial charge is 0.345 e. The number of nitrogens with zero attached hydrogens (tertiary/aromatic N) is 4. The first-order valence-electron chi connectivity index (χ1n) is 8.16. The molecule has 1 aromatic heterocycles. The maximum atomic E-state index is 12.8. The molecule has 2 aromatic carbocycles. The molecule has 3 aromatic rings. The van der Waals surface area contributed by atoms with Gasteiger partial charge in [0.1, 0.15) is 12.4 Å². The number of nitrogens with one attached hydrogen (secondary N) is 2. The molecule has 0 aliphatic heterocycles. The van der Waals surface area contributed by atoms with Gasteiger partial charge in [-0.1, -0.05) is 29.8 Å². The summed E-state index contributed by atoms with van der Waals surface area (Å²) in [5, 5.41) is 16.9. The fraction of sp³-hybridized carbons (Fsp3) is 0.167. The van der Waals surface area contributed by atoms with Crippen molar-refractivity contribution in [2.75, 3.05) is 11.9 Å². The molecule has 8 nitrogen and oxygen atoms in total. The molecule has 2 N–H and O–H groups in total. The molecule has 0 bridgehead atoms. The highest BCUT2D eigenvalue weighted by atomic mass is 19.1. The minimum atomic E-state index is -0.433. The quantitative estimate of drug-likeness (QED) is 0.687. The zero-order valence-electron chi connectivity index (χ0n) is 14.5. The standard InChI is InChI=1S/C18H17FN6O2/c1-12-2-4-13(5-3-12)18-22-24-25(23-18)11-17(27)20-10-16(26)21-15-8-6-14(19)7-9-15/h2-9H,10-11H2,1H3,(H,20,27)(H,21,26). The highest BCUT2D eigenvalue weighted by molar-refractivity contribution is 5.94. The lowest BCUT2D eigenvalue weighted by Crippen LogP contribution is -2.35. The SMILES string of the molecule is Cc1ccc(-c2nnn(CC(=O)NCC(=O)Nc3ccc(F)cc3)n2)cc1. The zero-order valence-corrected chi connectivity index (χ0v) is 14.5. The number of aryl methyl sites for hydroxylation is 1. The van der Waals surface area contributed by atoms with Gasteiger partial charge in [-0.2, -0.15) is 4.80 Å². The number of benzene rings is 2. The summed E-state index contributed by atoms with van der Waals surface area (Å²) in [7, 11) is 0. The summed E-state index contributed by atoms with van der Waals surface area (Å²) in [6, 6.07) is 12.9. The summed E-state index contributed by atoms with van der Waals surface area (Å²) in [6.45, 7) is 1.59. The molecule has 2 amide bonds.